The van der Waals surface area contributed by atoms with E-state index in [2.05, 4.69) is 4.98 Å². The molecule has 120 valence electrons. The maximum atomic E-state index is 12.1. The van der Waals surface area contributed by atoms with E-state index in [9.17, 15) is 9.59 Å². The highest BCUT2D eigenvalue weighted by Crippen LogP contribution is 2.23. The van der Waals surface area contributed by atoms with Crippen LogP contribution >= 0.6 is 0 Å². The van der Waals surface area contributed by atoms with Gasteiger partial charge in [-0.2, -0.15) is 0 Å². The maximum absolute atomic E-state index is 12.1. The van der Waals surface area contributed by atoms with Crippen molar-refractivity contribution < 1.29 is 19.1 Å². The number of carbonyl (C=O) groups excluding carboxylic acids is 2. The van der Waals surface area contributed by atoms with Gasteiger partial charge in [0.15, 0.2) is 0 Å². The predicted molar refractivity (Wildman–Crippen MR) is 79.3 cm³/mol. The van der Waals surface area contributed by atoms with Crippen molar-refractivity contribution in [3.63, 3.8) is 0 Å². The number of carbonyl (C=O) groups is 2. The van der Waals surface area contributed by atoms with Crippen LogP contribution in [0.1, 0.15) is 42.9 Å². The fraction of sp³-hybridized carbons (Fsp3) is 0.533. The number of ether oxygens (including phenoxy) is 2. The molecule has 0 aromatic carbocycles. The van der Waals surface area contributed by atoms with Gasteiger partial charge in [-0.15, -0.1) is 0 Å². The Morgan fingerprint density at radius 3 is 2.68 bits per heavy atom. The Kier molecular flexibility index (Phi) is 4.65. The van der Waals surface area contributed by atoms with Crippen LogP contribution < -0.4 is 5.73 Å². The van der Waals surface area contributed by atoms with Gasteiger partial charge in [0.1, 0.15) is 17.4 Å². The number of rotatable bonds is 2. The van der Waals surface area contributed by atoms with Gasteiger partial charge in [-0.3, -0.25) is 9.78 Å². The summed E-state index contributed by atoms with van der Waals surface area (Å²) in [4.78, 5) is 28.7. The normalized spacial score (nSPS) is 18.9. The molecule has 0 saturated carbocycles. The molecule has 1 atom stereocenters. The van der Waals surface area contributed by atoms with E-state index in [1.54, 1.807) is 23.2 Å². The number of primary amides is 1. The lowest BCUT2D eigenvalue weighted by Crippen LogP contribution is -2.44. The molecule has 1 saturated heterocycles. The third kappa shape index (κ3) is 4.17. The molecule has 1 aromatic rings. The van der Waals surface area contributed by atoms with Crippen molar-refractivity contribution in [2.24, 2.45) is 5.73 Å². The molecule has 22 heavy (non-hydrogen) atoms. The summed E-state index contributed by atoms with van der Waals surface area (Å²) in [5, 5.41) is 0. The van der Waals surface area contributed by atoms with E-state index in [-0.39, 0.29) is 17.9 Å². The highest BCUT2D eigenvalue weighted by molar-refractivity contribution is 5.90. The van der Waals surface area contributed by atoms with Gasteiger partial charge in [-0.1, -0.05) is 6.07 Å². The Morgan fingerprint density at radius 1 is 1.41 bits per heavy atom. The minimum absolute atomic E-state index is 0.198. The summed E-state index contributed by atoms with van der Waals surface area (Å²) in [6.45, 7) is 6.77. The highest BCUT2D eigenvalue weighted by Gasteiger charge is 2.29. The summed E-state index contributed by atoms with van der Waals surface area (Å²) in [5.41, 5.74) is 5.62. The van der Waals surface area contributed by atoms with Crippen LogP contribution in [0.3, 0.4) is 0 Å². The van der Waals surface area contributed by atoms with Crippen molar-refractivity contribution in [2.45, 2.75) is 32.5 Å². The first-order valence-electron chi connectivity index (χ1n) is 7.11. The van der Waals surface area contributed by atoms with E-state index >= 15 is 0 Å². The lowest BCUT2D eigenvalue weighted by atomic mass is 10.1. The molecule has 1 aromatic heterocycles. The number of nitrogens with two attached hydrogens (primary N) is 1. The van der Waals surface area contributed by atoms with Gasteiger partial charge < -0.3 is 20.1 Å². The van der Waals surface area contributed by atoms with Gasteiger partial charge in [0, 0.05) is 18.3 Å². The average Bonchev–Trinajstić information content (AvgIpc) is 2.46. The molecule has 0 aliphatic carbocycles. The van der Waals surface area contributed by atoms with E-state index in [1.165, 1.54) is 0 Å². The van der Waals surface area contributed by atoms with Gasteiger partial charge in [0.25, 0.3) is 5.91 Å². The van der Waals surface area contributed by atoms with Crippen LogP contribution in [0.15, 0.2) is 18.3 Å². The lowest BCUT2D eigenvalue weighted by molar-refractivity contribution is -0.0433. The van der Waals surface area contributed by atoms with Crippen LogP contribution in [-0.2, 0) is 9.47 Å². The maximum Gasteiger partial charge on any atom is 0.410 e. The Bertz CT molecular complexity index is 551. The zero-order valence-electron chi connectivity index (χ0n) is 13.0. The monoisotopic (exact) mass is 307 g/mol. The SMILES string of the molecule is CC(C)(C)OC(=O)N1CCOC(c2ccc(C(N)=O)nc2)C1. The van der Waals surface area contributed by atoms with Gasteiger partial charge in [-0.25, -0.2) is 4.79 Å². The van der Waals surface area contributed by atoms with E-state index in [0.29, 0.717) is 19.7 Å². The number of aromatic nitrogens is 1. The van der Waals surface area contributed by atoms with Crippen molar-refractivity contribution in [1.29, 1.82) is 0 Å². The number of pyridine rings is 1. The molecule has 7 nitrogen and oxygen atoms in total. The van der Waals surface area contributed by atoms with Crippen molar-refractivity contribution in [2.75, 3.05) is 19.7 Å². The third-order valence-electron chi connectivity index (χ3n) is 3.13. The zero-order chi connectivity index (χ0) is 16.3. The van der Waals surface area contributed by atoms with Gasteiger partial charge in [-0.05, 0) is 26.8 Å². The second-order valence-corrected chi connectivity index (χ2v) is 6.13. The first-order valence-corrected chi connectivity index (χ1v) is 7.11. The Balaban J connectivity index is 2.04. The minimum Gasteiger partial charge on any atom is -0.444 e. The van der Waals surface area contributed by atoms with Crippen molar-refractivity contribution in [1.82, 2.24) is 9.88 Å². The zero-order valence-corrected chi connectivity index (χ0v) is 13.0. The molecule has 0 radical (unpaired) electrons. The van der Waals surface area contributed by atoms with Gasteiger partial charge in [0.05, 0.1) is 13.2 Å². The number of amides is 2. The second kappa shape index (κ2) is 6.31. The Hall–Kier alpha value is -2.15. The molecular weight excluding hydrogens is 286 g/mol. The summed E-state index contributed by atoms with van der Waals surface area (Å²) in [6.07, 6.45) is 0.891. The molecule has 2 heterocycles. The summed E-state index contributed by atoms with van der Waals surface area (Å²) >= 11 is 0. The number of morpholine rings is 1. The first kappa shape index (κ1) is 16.2. The average molecular weight is 307 g/mol. The predicted octanol–water partition coefficient (Wildman–Crippen LogP) is 1.49. The second-order valence-electron chi connectivity index (χ2n) is 6.13. The molecule has 7 heteroatoms. The fourth-order valence-electron chi connectivity index (χ4n) is 2.08. The molecule has 2 rings (SSSR count). The summed E-state index contributed by atoms with van der Waals surface area (Å²) < 4.78 is 11.0. The highest BCUT2D eigenvalue weighted by atomic mass is 16.6. The number of nitrogens with zero attached hydrogens (tertiary/aromatic N) is 2. The topological polar surface area (TPSA) is 94.7 Å². The largest absolute Gasteiger partial charge is 0.444 e. The molecule has 2 amide bonds. The van der Waals surface area contributed by atoms with Gasteiger partial charge in [0.2, 0.25) is 0 Å². The Labute approximate surface area is 129 Å². The first-order chi connectivity index (χ1) is 10.3. The van der Waals surface area contributed by atoms with E-state index in [1.807, 2.05) is 20.8 Å². The van der Waals surface area contributed by atoms with Crippen LogP contribution in [0, 0.1) is 0 Å². The summed E-state index contributed by atoms with van der Waals surface area (Å²) in [7, 11) is 0. The third-order valence-corrected chi connectivity index (χ3v) is 3.13. The van der Waals surface area contributed by atoms with Crippen LogP contribution in [-0.4, -0.2) is 47.2 Å². The van der Waals surface area contributed by atoms with Crippen molar-refractivity contribution in [3.05, 3.63) is 29.6 Å². The van der Waals surface area contributed by atoms with E-state index < -0.39 is 11.5 Å². The summed E-state index contributed by atoms with van der Waals surface area (Å²) in [6, 6.07) is 3.28. The van der Waals surface area contributed by atoms with Crippen LogP contribution in [0.2, 0.25) is 0 Å². The Morgan fingerprint density at radius 2 is 2.14 bits per heavy atom. The molecule has 1 fully saturated rings. The number of hydrogen-bond donors (Lipinski definition) is 1. The summed E-state index contributed by atoms with van der Waals surface area (Å²) in [5.74, 6) is -0.577. The molecule has 1 aliphatic heterocycles. The standard InChI is InChI=1S/C15H21N3O4/c1-15(2,3)22-14(20)18-6-7-21-12(9-18)10-4-5-11(13(16)19)17-8-10/h4-5,8,12H,6-7,9H2,1-3H3,(H2,16,19). The molecule has 0 bridgehead atoms. The molecule has 0 spiro atoms. The quantitative estimate of drug-likeness (QED) is 0.893. The van der Waals surface area contributed by atoms with Crippen LogP contribution in [0.4, 0.5) is 4.79 Å². The van der Waals surface area contributed by atoms with E-state index in [0.717, 1.165) is 5.56 Å². The fourth-order valence-corrected chi connectivity index (χ4v) is 2.08. The van der Waals surface area contributed by atoms with Crippen molar-refractivity contribution in [3.8, 4) is 0 Å². The molecule has 1 aliphatic rings. The molecule has 2 N–H and O–H groups in total. The molecule has 1 unspecified atom stereocenters. The van der Waals surface area contributed by atoms with E-state index in [4.69, 9.17) is 15.2 Å². The lowest BCUT2D eigenvalue weighted by Gasteiger charge is -2.34. The smallest absolute Gasteiger partial charge is 0.410 e. The van der Waals surface area contributed by atoms with Gasteiger partial charge >= 0.3 is 6.09 Å². The van der Waals surface area contributed by atoms with Crippen LogP contribution in [0.25, 0.3) is 0 Å². The molecular formula is C15H21N3O4. The minimum atomic E-state index is -0.577. The number of hydrogen-bond acceptors (Lipinski definition) is 5. The van der Waals surface area contributed by atoms with Crippen molar-refractivity contribution >= 4 is 12.0 Å². The van der Waals surface area contributed by atoms with Crippen LogP contribution in [0.5, 0.6) is 0 Å².